The molecule has 0 unspecified atom stereocenters. The molecule has 6 rings (SSSR count). The van der Waals surface area contributed by atoms with Crippen molar-refractivity contribution in [2.24, 2.45) is 5.41 Å². The number of carbonyl (C=O) groups is 2. The minimum Gasteiger partial charge on any atom is -0.339 e. The lowest BCUT2D eigenvalue weighted by Gasteiger charge is -2.39. The monoisotopic (exact) mass is 502 g/mol. The first-order chi connectivity index (χ1) is 17.5. The first-order valence-electron chi connectivity index (χ1n) is 12.1. The Morgan fingerprint density at radius 3 is 2.47 bits per heavy atom. The molecular formula is C26H26N6O3S. The first kappa shape index (κ1) is 22.8. The number of hydrogen-bond acceptors (Lipinski definition) is 6. The third kappa shape index (κ3) is 3.67. The zero-order valence-corrected chi connectivity index (χ0v) is 20.8. The van der Waals surface area contributed by atoms with E-state index in [1.54, 1.807) is 35.1 Å². The van der Waals surface area contributed by atoms with Gasteiger partial charge in [0.25, 0.3) is 17.4 Å². The average Bonchev–Trinajstić information content (AvgIpc) is 3.53. The van der Waals surface area contributed by atoms with E-state index in [1.807, 2.05) is 34.3 Å². The van der Waals surface area contributed by atoms with E-state index in [4.69, 9.17) is 0 Å². The van der Waals surface area contributed by atoms with Gasteiger partial charge in [0.05, 0.1) is 22.7 Å². The summed E-state index contributed by atoms with van der Waals surface area (Å²) in [6.45, 7) is 2.63. The summed E-state index contributed by atoms with van der Waals surface area (Å²) >= 11 is 1.48. The normalized spacial score (nSPS) is 17.4. The van der Waals surface area contributed by atoms with Gasteiger partial charge >= 0.3 is 0 Å². The van der Waals surface area contributed by atoms with Gasteiger partial charge in [0.2, 0.25) is 0 Å². The van der Waals surface area contributed by atoms with Crippen LogP contribution < -0.4 is 5.56 Å². The zero-order valence-electron chi connectivity index (χ0n) is 19.9. The highest BCUT2D eigenvalue weighted by Gasteiger charge is 2.43. The maximum absolute atomic E-state index is 13.5. The fraction of sp³-hybridized carbons (Fsp3) is 0.346. The largest absolute Gasteiger partial charge is 0.339 e. The maximum atomic E-state index is 13.5. The molecule has 2 amide bonds. The Labute approximate surface area is 211 Å². The van der Waals surface area contributed by atoms with Crippen LogP contribution in [-0.2, 0) is 0 Å². The number of amides is 2. The summed E-state index contributed by atoms with van der Waals surface area (Å²) in [5, 5.41) is 5.69. The van der Waals surface area contributed by atoms with Crippen LogP contribution in [0.15, 0.2) is 58.6 Å². The number of benzene rings is 1. The predicted octanol–water partition coefficient (Wildman–Crippen LogP) is 3.06. The molecule has 1 aromatic carbocycles. The highest BCUT2D eigenvalue weighted by Crippen LogP contribution is 2.41. The number of fused-ring (bicyclic) bond motifs is 3. The number of H-pyrrole nitrogens is 1. The Balaban J connectivity index is 1.18. The van der Waals surface area contributed by atoms with E-state index in [1.165, 1.54) is 11.8 Å². The van der Waals surface area contributed by atoms with Crippen LogP contribution >= 0.6 is 11.8 Å². The second-order valence-electron chi connectivity index (χ2n) is 9.62. The number of thioether (sulfide) groups is 1. The number of carbonyl (C=O) groups excluding carboxylic acids is 2. The minimum atomic E-state index is -0.235. The van der Waals surface area contributed by atoms with Gasteiger partial charge in [-0.15, -0.1) is 11.8 Å². The Morgan fingerprint density at radius 1 is 0.972 bits per heavy atom. The van der Waals surface area contributed by atoms with Crippen LogP contribution in [0.4, 0.5) is 0 Å². The minimum absolute atomic E-state index is 0.00673. The predicted molar refractivity (Wildman–Crippen MR) is 137 cm³/mol. The molecule has 2 fully saturated rings. The highest BCUT2D eigenvalue weighted by atomic mass is 32.2. The van der Waals surface area contributed by atoms with E-state index in [9.17, 15) is 14.4 Å². The highest BCUT2D eigenvalue weighted by molar-refractivity contribution is 7.98. The van der Waals surface area contributed by atoms with Crippen LogP contribution in [0.3, 0.4) is 0 Å². The SMILES string of the molecule is CSc1ncccc1C(=O)N1CCC2(CC1)CCN(C(=O)c1cnn3c1[nH]c(=O)c1ccccc13)C2. The van der Waals surface area contributed by atoms with Gasteiger partial charge in [-0.1, -0.05) is 12.1 Å². The molecule has 0 radical (unpaired) electrons. The van der Waals surface area contributed by atoms with Crippen molar-refractivity contribution in [2.45, 2.75) is 24.3 Å². The Kier molecular flexibility index (Phi) is 5.55. The third-order valence-corrected chi connectivity index (χ3v) is 8.35. The summed E-state index contributed by atoms with van der Waals surface area (Å²) in [6.07, 6.45) is 7.80. The van der Waals surface area contributed by atoms with Crippen LogP contribution in [0.25, 0.3) is 16.6 Å². The van der Waals surface area contributed by atoms with E-state index in [0.29, 0.717) is 53.9 Å². The molecule has 1 spiro atoms. The molecule has 0 aliphatic carbocycles. The number of aromatic nitrogens is 4. The fourth-order valence-corrected chi connectivity index (χ4v) is 6.13. The van der Waals surface area contributed by atoms with Gasteiger partial charge in [-0.3, -0.25) is 14.4 Å². The summed E-state index contributed by atoms with van der Waals surface area (Å²) in [5.41, 5.74) is 1.92. The molecular weight excluding hydrogens is 476 g/mol. The van der Waals surface area contributed by atoms with Crippen molar-refractivity contribution in [2.75, 3.05) is 32.4 Å². The number of likely N-dealkylation sites (tertiary alicyclic amines) is 2. The van der Waals surface area contributed by atoms with Crippen LogP contribution in [0.2, 0.25) is 0 Å². The van der Waals surface area contributed by atoms with Crippen molar-refractivity contribution in [3.05, 3.63) is 70.3 Å². The molecule has 2 saturated heterocycles. The Hall–Kier alpha value is -3.66. The van der Waals surface area contributed by atoms with Crippen molar-refractivity contribution in [1.82, 2.24) is 29.4 Å². The number of nitrogens with zero attached hydrogens (tertiary/aromatic N) is 5. The molecule has 2 aliphatic rings. The van der Waals surface area contributed by atoms with E-state index >= 15 is 0 Å². The van der Waals surface area contributed by atoms with Gasteiger partial charge in [0.15, 0.2) is 0 Å². The van der Waals surface area contributed by atoms with E-state index < -0.39 is 0 Å². The standard InChI is InChI=1S/C26H26N6O3S/c1-36-23-18(6-4-11-27-23)24(34)30-12-8-26(9-13-30)10-14-31(16-26)25(35)19-15-28-32-20-7-3-2-5-17(20)22(33)29-21(19)32/h2-7,11,15H,8-10,12-14,16H2,1H3,(H,29,33). The lowest BCUT2D eigenvalue weighted by atomic mass is 9.77. The molecule has 3 aromatic heterocycles. The molecule has 10 heteroatoms. The van der Waals surface area contributed by atoms with E-state index in [0.717, 1.165) is 24.3 Å². The zero-order chi connectivity index (χ0) is 24.9. The molecule has 0 saturated carbocycles. The summed E-state index contributed by atoms with van der Waals surface area (Å²) in [7, 11) is 0. The molecule has 5 heterocycles. The maximum Gasteiger partial charge on any atom is 0.259 e. The fourth-order valence-electron chi connectivity index (χ4n) is 5.59. The Bertz CT molecular complexity index is 1550. The van der Waals surface area contributed by atoms with Crippen LogP contribution in [-0.4, -0.2) is 73.6 Å². The molecule has 4 aromatic rings. The van der Waals surface area contributed by atoms with Crippen molar-refractivity contribution in [3.8, 4) is 0 Å². The van der Waals surface area contributed by atoms with Crippen LogP contribution in [0.5, 0.6) is 0 Å². The van der Waals surface area contributed by atoms with Gasteiger partial charge in [0, 0.05) is 32.4 Å². The molecule has 2 aliphatic heterocycles. The Morgan fingerprint density at radius 2 is 1.69 bits per heavy atom. The first-order valence-corrected chi connectivity index (χ1v) is 13.3. The van der Waals surface area contributed by atoms with Gasteiger partial charge in [-0.2, -0.15) is 5.10 Å². The quantitative estimate of drug-likeness (QED) is 0.432. The molecule has 184 valence electrons. The summed E-state index contributed by atoms with van der Waals surface area (Å²) in [4.78, 5) is 50.2. The van der Waals surface area contributed by atoms with Crippen LogP contribution in [0, 0.1) is 5.41 Å². The second-order valence-corrected chi connectivity index (χ2v) is 10.4. The second kappa shape index (κ2) is 8.77. The third-order valence-electron chi connectivity index (χ3n) is 7.64. The molecule has 0 atom stereocenters. The molecule has 9 nitrogen and oxygen atoms in total. The number of rotatable bonds is 3. The number of piperidine rings is 1. The van der Waals surface area contributed by atoms with E-state index in [-0.39, 0.29) is 22.8 Å². The van der Waals surface area contributed by atoms with Crippen molar-refractivity contribution < 1.29 is 9.59 Å². The molecule has 0 bridgehead atoms. The van der Waals surface area contributed by atoms with Crippen LogP contribution in [0.1, 0.15) is 40.0 Å². The number of aromatic amines is 1. The average molecular weight is 503 g/mol. The van der Waals surface area contributed by atoms with Gasteiger partial charge < -0.3 is 14.8 Å². The lowest BCUT2D eigenvalue weighted by molar-refractivity contribution is 0.0562. The molecule has 36 heavy (non-hydrogen) atoms. The van der Waals surface area contributed by atoms with Gasteiger partial charge in [0.1, 0.15) is 16.2 Å². The topological polar surface area (TPSA) is 104 Å². The number of nitrogens with one attached hydrogen (secondary N) is 1. The number of pyridine rings is 1. The van der Waals surface area contributed by atoms with E-state index in [2.05, 4.69) is 15.1 Å². The lowest BCUT2D eigenvalue weighted by Crippen LogP contribution is -2.44. The van der Waals surface area contributed by atoms with Crippen molar-refractivity contribution in [1.29, 1.82) is 0 Å². The number of hydrogen-bond donors (Lipinski definition) is 1. The smallest absolute Gasteiger partial charge is 0.259 e. The summed E-state index contributed by atoms with van der Waals surface area (Å²) < 4.78 is 1.63. The van der Waals surface area contributed by atoms with Gasteiger partial charge in [-0.05, 0) is 55.2 Å². The van der Waals surface area contributed by atoms with Crippen molar-refractivity contribution >= 4 is 40.1 Å². The number of para-hydroxylation sites is 1. The summed E-state index contributed by atoms with van der Waals surface area (Å²) in [5.74, 6) is -0.0953. The summed E-state index contributed by atoms with van der Waals surface area (Å²) in [6, 6.07) is 10.9. The van der Waals surface area contributed by atoms with Gasteiger partial charge in [-0.25, -0.2) is 9.50 Å². The van der Waals surface area contributed by atoms with Crippen molar-refractivity contribution in [3.63, 3.8) is 0 Å². The molecule has 1 N–H and O–H groups in total.